The van der Waals surface area contributed by atoms with Crippen molar-refractivity contribution in [2.45, 2.75) is 24.6 Å². The monoisotopic (exact) mass is 294 g/mol. The summed E-state index contributed by atoms with van der Waals surface area (Å²) >= 11 is 0. The Morgan fingerprint density at radius 2 is 1.86 bits per heavy atom. The topological polar surface area (TPSA) is 63.8 Å². The van der Waals surface area contributed by atoms with Crippen LogP contribution in [0.5, 0.6) is 0 Å². The van der Waals surface area contributed by atoms with E-state index in [-0.39, 0.29) is 23.6 Å². The summed E-state index contributed by atoms with van der Waals surface area (Å²) in [6.45, 7) is 0. The molecule has 21 heavy (non-hydrogen) atoms. The standard InChI is InChI=1S/C14H13F3N4/c15-14(16,17)13-20-11(18)7-12(21-13)19-10-6-9(10)8-4-2-1-3-5-8/h1-5,7,9-10H,6H2,(H3,18,19,20,21). The van der Waals surface area contributed by atoms with Gasteiger partial charge in [-0.3, -0.25) is 0 Å². The summed E-state index contributed by atoms with van der Waals surface area (Å²) in [5.74, 6) is -1.02. The highest BCUT2D eigenvalue weighted by molar-refractivity contribution is 5.48. The lowest BCUT2D eigenvalue weighted by Crippen LogP contribution is -2.15. The molecule has 1 aromatic heterocycles. The second-order valence-corrected chi connectivity index (χ2v) is 5.00. The lowest BCUT2D eigenvalue weighted by atomic mass is 10.1. The van der Waals surface area contributed by atoms with Crippen LogP contribution in [0.25, 0.3) is 0 Å². The molecule has 0 saturated heterocycles. The van der Waals surface area contributed by atoms with E-state index in [4.69, 9.17) is 5.73 Å². The van der Waals surface area contributed by atoms with Crippen LogP contribution < -0.4 is 11.1 Å². The molecule has 7 heteroatoms. The van der Waals surface area contributed by atoms with Gasteiger partial charge in [-0.05, 0) is 12.0 Å². The van der Waals surface area contributed by atoms with Crippen molar-refractivity contribution in [3.63, 3.8) is 0 Å². The van der Waals surface area contributed by atoms with E-state index in [1.54, 1.807) is 0 Å². The van der Waals surface area contributed by atoms with Gasteiger partial charge in [0.1, 0.15) is 11.6 Å². The molecule has 1 fully saturated rings. The number of rotatable bonds is 3. The smallest absolute Gasteiger partial charge is 0.384 e. The summed E-state index contributed by atoms with van der Waals surface area (Å²) in [7, 11) is 0. The molecule has 2 unspecified atom stereocenters. The molecule has 0 radical (unpaired) electrons. The molecule has 2 aromatic rings. The van der Waals surface area contributed by atoms with Crippen molar-refractivity contribution in [2.24, 2.45) is 0 Å². The van der Waals surface area contributed by atoms with Crippen LogP contribution in [0.4, 0.5) is 24.8 Å². The van der Waals surface area contributed by atoms with Gasteiger partial charge in [0.05, 0.1) is 0 Å². The average molecular weight is 294 g/mol. The van der Waals surface area contributed by atoms with Gasteiger partial charge in [0.15, 0.2) is 0 Å². The summed E-state index contributed by atoms with van der Waals surface area (Å²) in [6.07, 6.45) is -3.75. The molecular formula is C14H13F3N4. The van der Waals surface area contributed by atoms with E-state index >= 15 is 0 Å². The Kier molecular flexibility index (Phi) is 3.19. The van der Waals surface area contributed by atoms with Crippen LogP contribution in [0.1, 0.15) is 23.7 Å². The van der Waals surface area contributed by atoms with Crippen molar-refractivity contribution in [3.05, 3.63) is 47.8 Å². The largest absolute Gasteiger partial charge is 0.451 e. The van der Waals surface area contributed by atoms with E-state index < -0.39 is 12.0 Å². The lowest BCUT2D eigenvalue weighted by molar-refractivity contribution is -0.144. The van der Waals surface area contributed by atoms with Crippen LogP contribution in [0.2, 0.25) is 0 Å². The normalized spacial score (nSPS) is 21.1. The summed E-state index contributed by atoms with van der Waals surface area (Å²) in [4.78, 5) is 6.70. The Balaban J connectivity index is 1.74. The third-order valence-electron chi connectivity index (χ3n) is 3.35. The molecule has 110 valence electrons. The Labute approximate surface area is 119 Å². The highest BCUT2D eigenvalue weighted by Gasteiger charge is 2.39. The SMILES string of the molecule is Nc1cc(NC2CC2c2ccccc2)nc(C(F)(F)F)n1. The van der Waals surface area contributed by atoms with E-state index in [1.165, 1.54) is 6.07 Å². The number of aromatic nitrogens is 2. The van der Waals surface area contributed by atoms with Gasteiger partial charge in [-0.15, -0.1) is 0 Å². The van der Waals surface area contributed by atoms with Gasteiger partial charge >= 0.3 is 6.18 Å². The first-order valence-corrected chi connectivity index (χ1v) is 6.47. The summed E-state index contributed by atoms with van der Waals surface area (Å²) in [6, 6.07) is 11.2. The average Bonchev–Trinajstić information content (AvgIpc) is 3.17. The maximum absolute atomic E-state index is 12.6. The number of alkyl halides is 3. The Morgan fingerprint density at radius 3 is 2.52 bits per heavy atom. The molecule has 1 heterocycles. The van der Waals surface area contributed by atoms with Crippen molar-refractivity contribution in [3.8, 4) is 0 Å². The Morgan fingerprint density at radius 1 is 1.14 bits per heavy atom. The molecule has 2 atom stereocenters. The zero-order valence-corrected chi connectivity index (χ0v) is 10.9. The van der Waals surface area contributed by atoms with Crippen molar-refractivity contribution >= 4 is 11.6 Å². The molecule has 1 aliphatic carbocycles. The van der Waals surface area contributed by atoms with Crippen molar-refractivity contribution < 1.29 is 13.2 Å². The zero-order chi connectivity index (χ0) is 15.0. The molecule has 0 aliphatic heterocycles. The fraction of sp³-hybridized carbons (Fsp3) is 0.286. The summed E-state index contributed by atoms with van der Waals surface area (Å²) < 4.78 is 37.9. The van der Waals surface area contributed by atoms with Crippen molar-refractivity contribution in [1.29, 1.82) is 0 Å². The van der Waals surface area contributed by atoms with Gasteiger partial charge in [-0.1, -0.05) is 30.3 Å². The minimum absolute atomic E-state index is 0.0720. The van der Waals surface area contributed by atoms with Crippen LogP contribution in [0, 0.1) is 0 Å². The van der Waals surface area contributed by atoms with Crippen LogP contribution in [-0.4, -0.2) is 16.0 Å². The van der Waals surface area contributed by atoms with Crippen LogP contribution >= 0.6 is 0 Å². The van der Waals surface area contributed by atoms with Gasteiger partial charge in [-0.2, -0.15) is 13.2 Å². The van der Waals surface area contributed by atoms with Crippen LogP contribution in [-0.2, 0) is 6.18 Å². The number of nitrogen functional groups attached to an aromatic ring is 1. The van der Waals surface area contributed by atoms with E-state index in [0.717, 1.165) is 12.0 Å². The molecular weight excluding hydrogens is 281 g/mol. The predicted molar refractivity (Wildman–Crippen MR) is 72.7 cm³/mol. The lowest BCUT2D eigenvalue weighted by Gasteiger charge is -2.10. The first-order valence-electron chi connectivity index (χ1n) is 6.47. The number of hydrogen-bond acceptors (Lipinski definition) is 4. The molecule has 3 rings (SSSR count). The van der Waals surface area contributed by atoms with E-state index in [2.05, 4.69) is 15.3 Å². The summed E-state index contributed by atoms with van der Waals surface area (Å²) in [5.41, 5.74) is 6.57. The second-order valence-electron chi connectivity index (χ2n) is 5.00. The maximum atomic E-state index is 12.6. The van der Waals surface area contributed by atoms with Gasteiger partial charge in [-0.25, -0.2) is 9.97 Å². The molecule has 1 aromatic carbocycles. The van der Waals surface area contributed by atoms with Crippen molar-refractivity contribution in [2.75, 3.05) is 11.1 Å². The number of anilines is 2. The second kappa shape index (κ2) is 4.91. The third-order valence-corrected chi connectivity index (χ3v) is 3.35. The number of halogens is 3. The van der Waals surface area contributed by atoms with Crippen LogP contribution in [0.3, 0.4) is 0 Å². The number of nitrogens with two attached hydrogens (primary N) is 1. The first kappa shape index (κ1) is 13.7. The molecule has 1 aliphatic rings. The third kappa shape index (κ3) is 3.07. The zero-order valence-electron chi connectivity index (χ0n) is 10.9. The van der Waals surface area contributed by atoms with Gasteiger partial charge < -0.3 is 11.1 Å². The number of benzene rings is 1. The first-order chi connectivity index (χ1) is 9.93. The Bertz CT molecular complexity index is 642. The van der Waals surface area contributed by atoms with E-state index in [9.17, 15) is 13.2 Å². The molecule has 1 saturated carbocycles. The minimum atomic E-state index is -4.60. The number of nitrogens with zero attached hydrogens (tertiary/aromatic N) is 2. The van der Waals surface area contributed by atoms with Gasteiger partial charge in [0, 0.05) is 18.0 Å². The van der Waals surface area contributed by atoms with Crippen LogP contribution in [0.15, 0.2) is 36.4 Å². The van der Waals surface area contributed by atoms with E-state index in [1.807, 2.05) is 30.3 Å². The van der Waals surface area contributed by atoms with Gasteiger partial charge in [0.25, 0.3) is 0 Å². The Hall–Kier alpha value is -2.31. The molecule has 3 N–H and O–H groups in total. The fourth-order valence-corrected chi connectivity index (χ4v) is 2.28. The maximum Gasteiger partial charge on any atom is 0.451 e. The fourth-order valence-electron chi connectivity index (χ4n) is 2.28. The molecule has 0 bridgehead atoms. The highest BCUT2D eigenvalue weighted by atomic mass is 19.4. The molecule has 4 nitrogen and oxygen atoms in total. The highest BCUT2D eigenvalue weighted by Crippen LogP contribution is 2.42. The number of hydrogen-bond donors (Lipinski definition) is 2. The van der Waals surface area contributed by atoms with E-state index in [0.29, 0.717) is 0 Å². The number of nitrogens with one attached hydrogen (secondary N) is 1. The van der Waals surface area contributed by atoms with Crippen molar-refractivity contribution in [1.82, 2.24) is 9.97 Å². The predicted octanol–water partition coefficient (Wildman–Crippen LogP) is 3.05. The molecule has 0 amide bonds. The van der Waals surface area contributed by atoms with Gasteiger partial charge in [0.2, 0.25) is 5.82 Å². The summed E-state index contributed by atoms with van der Waals surface area (Å²) in [5, 5.41) is 2.99. The minimum Gasteiger partial charge on any atom is -0.384 e. The quantitative estimate of drug-likeness (QED) is 0.913. The molecule has 0 spiro atoms.